The van der Waals surface area contributed by atoms with Gasteiger partial charge in [-0.2, -0.15) is 0 Å². The molecule has 0 aromatic heterocycles. The average Bonchev–Trinajstić information content (AvgIpc) is 2.77. The van der Waals surface area contributed by atoms with Crippen molar-refractivity contribution in [2.24, 2.45) is 20.5 Å². The van der Waals surface area contributed by atoms with Crippen molar-refractivity contribution in [1.29, 1.82) is 0 Å². The van der Waals surface area contributed by atoms with E-state index in [1.54, 1.807) is 12.1 Å². The van der Waals surface area contributed by atoms with Crippen molar-refractivity contribution in [2.45, 2.75) is 18.6 Å². The van der Waals surface area contributed by atoms with Gasteiger partial charge in [0.2, 0.25) is 0 Å². The molecule has 0 aliphatic heterocycles. The molecule has 0 unspecified atom stereocenters. The van der Waals surface area contributed by atoms with Gasteiger partial charge in [-0.05, 0) is 33.8 Å². The molecular formula is C15H16N12O4. The number of carbonyl (C=O) groups excluding carboxylic acids is 2. The van der Waals surface area contributed by atoms with E-state index in [0.29, 0.717) is 0 Å². The van der Waals surface area contributed by atoms with Gasteiger partial charge in [-0.1, -0.05) is 38.7 Å². The third-order valence-electron chi connectivity index (χ3n) is 3.54. The van der Waals surface area contributed by atoms with Crippen molar-refractivity contribution in [1.82, 2.24) is 0 Å². The van der Waals surface area contributed by atoms with Gasteiger partial charge < -0.3 is 9.47 Å². The molecule has 0 atom stereocenters. The quantitative estimate of drug-likeness (QED) is 0.196. The summed E-state index contributed by atoms with van der Waals surface area (Å²) in [5, 5.41) is 13.2. The maximum atomic E-state index is 12.5. The van der Waals surface area contributed by atoms with E-state index < -0.39 is 24.1 Å². The first-order valence-electron chi connectivity index (χ1n) is 8.57. The zero-order valence-electron chi connectivity index (χ0n) is 16.0. The molecule has 1 aromatic carbocycles. The van der Waals surface area contributed by atoms with Crippen LogP contribution in [0.5, 0.6) is 0 Å². The smallest absolute Gasteiger partial charge is 0.338 e. The summed E-state index contributed by atoms with van der Waals surface area (Å²) in [4.78, 5) is 35.1. The van der Waals surface area contributed by atoms with Crippen molar-refractivity contribution in [2.75, 3.05) is 26.2 Å². The maximum Gasteiger partial charge on any atom is 0.338 e. The lowest BCUT2D eigenvalue weighted by molar-refractivity contribution is -0.147. The predicted octanol–water partition coefficient (Wildman–Crippen LogP) is 3.91. The van der Waals surface area contributed by atoms with Gasteiger partial charge >= 0.3 is 11.9 Å². The second-order valence-electron chi connectivity index (χ2n) is 5.63. The number of hydrogen-bond acceptors (Lipinski definition) is 8. The highest BCUT2D eigenvalue weighted by Crippen LogP contribution is 2.14. The van der Waals surface area contributed by atoms with E-state index in [9.17, 15) is 9.59 Å². The lowest BCUT2D eigenvalue weighted by Gasteiger charge is -2.16. The van der Waals surface area contributed by atoms with Gasteiger partial charge in [-0.3, -0.25) is 4.79 Å². The lowest BCUT2D eigenvalue weighted by atomic mass is 10.0. The normalized spacial score (nSPS) is 11.2. The molecule has 16 heteroatoms. The Morgan fingerprint density at radius 3 is 1.71 bits per heavy atom. The minimum absolute atomic E-state index is 0.0490. The van der Waals surface area contributed by atoms with Gasteiger partial charge in [0.15, 0.2) is 0 Å². The van der Waals surface area contributed by atoms with Gasteiger partial charge in [0.1, 0.15) is 12.2 Å². The predicted molar refractivity (Wildman–Crippen MR) is 105 cm³/mol. The van der Waals surface area contributed by atoms with Crippen LogP contribution in [0.25, 0.3) is 41.8 Å². The minimum Gasteiger partial charge on any atom is -0.462 e. The number of ether oxygens (including phenoxy) is 2. The lowest BCUT2D eigenvalue weighted by Crippen LogP contribution is -2.26. The van der Waals surface area contributed by atoms with Crippen molar-refractivity contribution in [3.8, 4) is 0 Å². The average molecular weight is 428 g/mol. The SMILES string of the molecule is [N-]=[N+]=NCC(CN=[N+]=[N-])OC(=O)Cc1ccccc1C(=O)OC(CN=[N+]=[N-])CN=[N+]=[N-]. The van der Waals surface area contributed by atoms with E-state index >= 15 is 0 Å². The Hall–Kier alpha value is -4.60. The molecule has 31 heavy (non-hydrogen) atoms. The van der Waals surface area contributed by atoms with Crippen LogP contribution in [0, 0.1) is 0 Å². The van der Waals surface area contributed by atoms with E-state index in [2.05, 4.69) is 40.1 Å². The molecule has 160 valence electrons. The highest BCUT2D eigenvalue weighted by molar-refractivity contribution is 5.92. The van der Waals surface area contributed by atoms with E-state index in [0.717, 1.165) is 0 Å². The van der Waals surface area contributed by atoms with Crippen LogP contribution in [-0.2, 0) is 20.7 Å². The van der Waals surface area contributed by atoms with Gasteiger partial charge in [-0.25, -0.2) is 4.79 Å². The highest BCUT2D eigenvalue weighted by atomic mass is 16.5. The summed E-state index contributed by atoms with van der Waals surface area (Å²) in [6.45, 7) is -0.950. The van der Waals surface area contributed by atoms with Crippen molar-refractivity contribution in [3.63, 3.8) is 0 Å². The fourth-order valence-corrected chi connectivity index (χ4v) is 2.25. The van der Waals surface area contributed by atoms with E-state index in [1.807, 2.05) is 0 Å². The molecule has 0 aliphatic rings. The molecule has 1 aromatic rings. The Kier molecular flexibility index (Phi) is 11.4. The molecule has 1 rings (SSSR count). The van der Waals surface area contributed by atoms with Crippen LogP contribution in [-0.4, -0.2) is 50.3 Å². The molecule has 0 amide bonds. The fraction of sp³-hybridized carbons (Fsp3) is 0.467. The molecule has 0 aliphatic carbocycles. The van der Waals surface area contributed by atoms with Crippen molar-refractivity contribution < 1.29 is 19.1 Å². The Balaban J connectivity index is 2.93. The number of esters is 2. The van der Waals surface area contributed by atoms with Crippen LogP contribution in [0.3, 0.4) is 0 Å². The molecule has 0 saturated heterocycles. The summed E-state index contributed by atoms with van der Waals surface area (Å²) in [5.74, 6) is -1.58. The molecule has 0 fully saturated rings. The van der Waals surface area contributed by atoms with Gasteiger partial charge in [-0.15, -0.1) is 0 Å². The topological polar surface area (TPSA) is 248 Å². The highest BCUT2D eigenvalue weighted by Gasteiger charge is 2.20. The van der Waals surface area contributed by atoms with Crippen LogP contribution in [0.4, 0.5) is 0 Å². The van der Waals surface area contributed by atoms with Crippen molar-refractivity contribution in [3.05, 3.63) is 77.2 Å². The van der Waals surface area contributed by atoms with E-state index in [4.69, 9.17) is 31.6 Å². The fourth-order valence-electron chi connectivity index (χ4n) is 2.25. The number of carbonyl (C=O) groups is 2. The summed E-state index contributed by atoms with van der Waals surface area (Å²) < 4.78 is 10.4. The first-order chi connectivity index (χ1) is 15.0. The van der Waals surface area contributed by atoms with Crippen LogP contribution in [0.1, 0.15) is 15.9 Å². The number of nitrogens with zero attached hydrogens (tertiary/aromatic N) is 12. The second kappa shape index (κ2) is 14.4. The molecule has 0 saturated carbocycles. The summed E-state index contributed by atoms with van der Waals surface area (Å²) in [6.07, 6.45) is -2.28. The van der Waals surface area contributed by atoms with Crippen LogP contribution in [0.15, 0.2) is 44.7 Å². The van der Waals surface area contributed by atoms with E-state index in [1.165, 1.54) is 12.1 Å². The molecule has 0 heterocycles. The number of hydrogen-bond donors (Lipinski definition) is 0. The van der Waals surface area contributed by atoms with Crippen LogP contribution < -0.4 is 0 Å². The van der Waals surface area contributed by atoms with Crippen molar-refractivity contribution >= 4 is 11.9 Å². The molecule has 0 spiro atoms. The Morgan fingerprint density at radius 1 is 0.774 bits per heavy atom. The summed E-state index contributed by atoms with van der Waals surface area (Å²) in [7, 11) is 0. The second-order valence-corrected chi connectivity index (χ2v) is 5.63. The Labute approximate surface area is 174 Å². The standard InChI is InChI=1S/C15H16N12O4/c16-24-20-6-11(7-21-25-17)30-14(28)5-10-3-1-2-4-13(10)15(29)31-12(8-22-26-18)9-23-27-19/h1-4,11-12H,5-9H2. The number of azide groups is 4. The zero-order chi connectivity index (χ0) is 22.9. The molecule has 0 radical (unpaired) electrons. The van der Waals surface area contributed by atoms with Crippen LogP contribution in [0.2, 0.25) is 0 Å². The Bertz CT molecular complexity index is 932. The maximum absolute atomic E-state index is 12.5. The molecule has 0 N–H and O–H groups in total. The molecular weight excluding hydrogens is 412 g/mol. The number of benzene rings is 1. The largest absolute Gasteiger partial charge is 0.462 e. The van der Waals surface area contributed by atoms with Gasteiger partial charge in [0, 0.05) is 19.6 Å². The van der Waals surface area contributed by atoms with E-state index in [-0.39, 0.29) is 43.7 Å². The first kappa shape index (κ1) is 24.4. The van der Waals surface area contributed by atoms with Crippen LogP contribution >= 0.6 is 0 Å². The van der Waals surface area contributed by atoms with Gasteiger partial charge in [0.05, 0.1) is 38.2 Å². The summed E-state index contributed by atoms with van der Waals surface area (Å²) in [5.41, 5.74) is 34.0. The summed E-state index contributed by atoms with van der Waals surface area (Å²) >= 11 is 0. The first-order valence-corrected chi connectivity index (χ1v) is 8.57. The third kappa shape index (κ3) is 9.43. The Morgan fingerprint density at radius 2 is 1.23 bits per heavy atom. The molecule has 16 nitrogen and oxygen atoms in total. The van der Waals surface area contributed by atoms with Gasteiger partial charge in [0.25, 0.3) is 0 Å². The third-order valence-corrected chi connectivity index (χ3v) is 3.54. The monoisotopic (exact) mass is 428 g/mol. The molecule has 0 bridgehead atoms. The zero-order valence-corrected chi connectivity index (χ0v) is 16.0. The number of rotatable bonds is 13. The minimum atomic E-state index is -0.989. The summed E-state index contributed by atoms with van der Waals surface area (Å²) in [6, 6.07) is 6.06.